The van der Waals surface area contributed by atoms with Crippen molar-refractivity contribution in [1.82, 2.24) is 9.55 Å². The molecule has 0 atom stereocenters. The average Bonchev–Trinajstić information content (AvgIpc) is 2.66. The van der Waals surface area contributed by atoms with Crippen LogP contribution in [-0.2, 0) is 4.79 Å². The maximum Gasteiger partial charge on any atom is 0.387 e. The minimum absolute atomic E-state index is 0.0114. The van der Waals surface area contributed by atoms with E-state index in [-0.39, 0.29) is 22.8 Å². The zero-order valence-electron chi connectivity index (χ0n) is 16.2. The zero-order chi connectivity index (χ0) is 21.2. The van der Waals surface area contributed by atoms with Crippen molar-refractivity contribution in [3.8, 4) is 11.4 Å². The molecule has 5 nitrogen and oxygen atoms in total. The van der Waals surface area contributed by atoms with Crippen molar-refractivity contribution in [2.24, 2.45) is 5.41 Å². The van der Waals surface area contributed by atoms with E-state index in [4.69, 9.17) is 0 Å². The van der Waals surface area contributed by atoms with Gasteiger partial charge in [0.15, 0.2) is 5.16 Å². The van der Waals surface area contributed by atoms with Crippen LogP contribution in [0.15, 0.2) is 58.5 Å². The van der Waals surface area contributed by atoms with E-state index in [1.807, 2.05) is 20.8 Å². The predicted octanol–water partition coefficient (Wildman–Crippen LogP) is 4.69. The smallest absolute Gasteiger partial charge is 0.387 e. The van der Waals surface area contributed by atoms with Crippen molar-refractivity contribution >= 4 is 28.4 Å². The third-order valence-corrected chi connectivity index (χ3v) is 5.17. The van der Waals surface area contributed by atoms with Crippen molar-refractivity contribution in [1.29, 1.82) is 0 Å². The second-order valence-electron chi connectivity index (χ2n) is 7.39. The number of hydrogen-bond acceptors (Lipinski definition) is 5. The molecular weight excluding hydrogens is 398 g/mol. The molecule has 0 bridgehead atoms. The van der Waals surface area contributed by atoms with E-state index in [0.29, 0.717) is 21.7 Å². The molecule has 0 amide bonds. The molecule has 0 saturated carbocycles. The van der Waals surface area contributed by atoms with Crippen LogP contribution < -0.4 is 10.3 Å². The Kier molecular flexibility index (Phi) is 6.02. The van der Waals surface area contributed by atoms with Crippen LogP contribution in [0.4, 0.5) is 8.78 Å². The van der Waals surface area contributed by atoms with Crippen molar-refractivity contribution in [3.63, 3.8) is 0 Å². The Morgan fingerprint density at radius 2 is 1.79 bits per heavy atom. The first-order chi connectivity index (χ1) is 13.7. The monoisotopic (exact) mass is 418 g/mol. The van der Waals surface area contributed by atoms with Gasteiger partial charge in [-0.3, -0.25) is 14.2 Å². The Morgan fingerprint density at radius 1 is 1.14 bits per heavy atom. The van der Waals surface area contributed by atoms with Crippen LogP contribution in [0.3, 0.4) is 0 Å². The van der Waals surface area contributed by atoms with Crippen molar-refractivity contribution in [2.45, 2.75) is 32.5 Å². The summed E-state index contributed by atoms with van der Waals surface area (Å²) in [6.45, 7) is 2.57. The molecule has 0 spiro atoms. The number of para-hydroxylation sites is 1. The molecule has 0 saturated heterocycles. The number of carbonyl (C=O) groups is 1. The molecule has 29 heavy (non-hydrogen) atoms. The zero-order valence-corrected chi connectivity index (χ0v) is 17.0. The number of Topliss-reactive ketones (excluding diaryl/α,β-unsaturated/α-hetero) is 1. The summed E-state index contributed by atoms with van der Waals surface area (Å²) in [4.78, 5) is 30.0. The number of thioether (sulfide) groups is 1. The Labute approximate surface area is 170 Å². The molecule has 0 aliphatic rings. The second-order valence-corrected chi connectivity index (χ2v) is 8.33. The minimum Gasteiger partial charge on any atom is -0.435 e. The van der Waals surface area contributed by atoms with Gasteiger partial charge in [0.1, 0.15) is 11.5 Å². The number of ether oxygens (including phenoxy) is 1. The van der Waals surface area contributed by atoms with Crippen LogP contribution in [0.1, 0.15) is 20.8 Å². The van der Waals surface area contributed by atoms with Crippen LogP contribution in [0.25, 0.3) is 16.6 Å². The highest BCUT2D eigenvalue weighted by Crippen LogP contribution is 2.26. The maximum atomic E-state index is 13.1. The van der Waals surface area contributed by atoms with Crippen LogP contribution >= 0.6 is 11.8 Å². The molecule has 0 aliphatic carbocycles. The molecule has 3 aromatic rings. The molecule has 152 valence electrons. The summed E-state index contributed by atoms with van der Waals surface area (Å²) in [6, 6.07) is 12.7. The molecular formula is C21H20F2N2O3S. The van der Waals surface area contributed by atoms with Crippen LogP contribution in [-0.4, -0.2) is 27.7 Å². The van der Waals surface area contributed by atoms with Crippen molar-refractivity contribution in [2.75, 3.05) is 5.75 Å². The Balaban J connectivity index is 2.07. The predicted molar refractivity (Wildman–Crippen MR) is 109 cm³/mol. The Bertz CT molecular complexity index is 1090. The van der Waals surface area contributed by atoms with E-state index in [9.17, 15) is 18.4 Å². The van der Waals surface area contributed by atoms with E-state index < -0.39 is 12.0 Å². The number of nitrogens with zero attached hydrogens (tertiary/aromatic N) is 2. The first kappa shape index (κ1) is 21.0. The molecule has 0 fully saturated rings. The van der Waals surface area contributed by atoms with Gasteiger partial charge < -0.3 is 4.74 Å². The number of rotatable bonds is 6. The van der Waals surface area contributed by atoms with Gasteiger partial charge in [-0.05, 0) is 36.4 Å². The molecule has 2 aromatic carbocycles. The number of fused-ring (bicyclic) bond motifs is 1. The topological polar surface area (TPSA) is 61.2 Å². The highest BCUT2D eigenvalue weighted by atomic mass is 32.2. The fourth-order valence-corrected chi connectivity index (χ4v) is 3.73. The molecule has 3 rings (SSSR count). The number of carbonyl (C=O) groups excluding carboxylic acids is 1. The number of halogens is 2. The first-order valence-electron chi connectivity index (χ1n) is 8.90. The third-order valence-electron chi connectivity index (χ3n) is 4.23. The van der Waals surface area contributed by atoms with Crippen molar-refractivity contribution < 1.29 is 18.3 Å². The summed E-state index contributed by atoms with van der Waals surface area (Å²) in [6.07, 6.45) is 0. The highest BCUT2D eigenvalue weighted by molar-refractivity contribution is 7.99. The van der Waals surface area contributed by atoms with E-state index in [2.05, 4.69) is 9.72 Å². The lowest BCUT2D eigenvalue weighted by Gasteiger charge is -2.17. The normalized spacial score (nSPS) is 11.8. The molecule has 8 heteroatoms. The van der Waals surface area contributed by atoms with Crippen LogP contribution in [0.2, 0.25) is 0 Å². The summed E-state index contributed by atoms with van der Waals surface area (Å²) < 4.78 is 30.5. The van der Waals surface area contributed by atoms with Gasteiger partial charge in [-0.2, -0.15) is 8.78 Å². The Morgan fingerprint density at radius 3 is 2.41 bits per heavy atom. The molecule has 1 aromatic heterocycles. The van der Waals surface area contributed by atoms with Gasteiger partial charge >= 0.3 is 6.61 Å². The van der Waals surface area contributed by atoms with Gasteiger partial charge in [0.2, 0.25) is 0 Å². The molecule has 0 radical (unpaired) electrons. The van der Waals surface area contributed by atoms with E-state index >= 15 is 0 Å². The number of benzene rings is 2. The quantitative estimate of drug-likeness (QED) is 0.429. The van der Waals surface area contributed by atoms with Gasteiger partial charge in [0.25, 0.3) is 5.56 Å². The summed E-state index contributed by atoms with van der Waals surface area (Å²) in [5.41, 5.74) is 0.157. The van der Waals surface area contributed by atoms with Gasteiger partial charge in [-0.25, -0.2) is 4.98 Å². The van der Waals surface area contributed by atoms with Gasteiger partial charge in [-0.1, -0.05) is 44.7 Å². The van der Waals surface area contributed by atoms with E-state index in [0.717, 1.165) is 0 Å². The summed E-state index contributed by atoms with van der Waals surface area (Å²) in [5, 5.41) is 0.778. The number of ketones is 1. The number of alkyl halides is 2. The van der Waals surface area contributed by atoms with Gasteiger partial charge in [-0.15, -0.1) is 0 Å². The highest BCUT2D eigenvalue weighted by Gasteiger charge is 2.22. The first-order valence-corrected chi connectivity index (χ1v) is 9.88. The largest absolute Gasteiger partial charge is 0.435 e. The maximum absolute atomic E-state index is 13.1. The fraction of sp³-hybridized carbons (Fsp3) is 0.286. The lowest BCUT2D eigenvalue weighted by atomic mass is 9.92. The van der Waals surface area contributed by atoms with E-state index in [1.54, 1.807) is 24.3 Å². The Hall–Kier alpha value is -2.74. The summed E-state index contributed by atoms with van der Waals surface area (Å²) in [5.74, 6) is 0.167. The summed E-state index contributed by atoms with van der Waals surface area (Å²) >= 11 is 1.17. The molecule has 0 aliphatic heterocycles. The summed E-state index contributed by atoms with van der Waals surface area (Å²) in [7, 11) is 0. The van der Waals surface area contributed by atoms with Gasteiger partial charge in [0, 0.05) is 5.41 Å². The van der Waals surface area contributed by atoms with E-state index in [1.165, 1.54) is 40.6 Å². The van der Waals surface area contributed by atoms with Crippen molar-refractivity contribution in [3.05, 3.63) is 58.9 Å². The SMILES string of the molecule is CC(C)(C)C(=O)CSc1nc2ccccc2c(=O)n1-c1ccc(OC(F)F)cc1. The standard InChI is InChI=1S/C21H20F2N2O3S/c1-21(2,3)17(26)12-29-20-24-16-7-5-4-6-15(16)18(27)25(20)13-8-10-14(11-9-13)28-19(22)23/h4-11,19H,12H2,1-3H3. The second kappa shape index (κ2) is 8.32. The lowest BCUT2D eigenvalue weighted by molar-refractivity contribution is -0.123. The van der Waals surface area contributed by atoms with Crippen LogP contribution in [0, 0.1) is 5.41 Å². The number of hydrogen-bond donors (Lipinski definition) is 0. The average molecular weight is 418 g/mol. The van der Waals surface area contributed by atoms with Crippen LogP contribution in [0.5, 0.6) is 5.75 Å². The molecule has 0 unspecified atom stereocenters. The number of aromatic nitrogens is 2. The third kappa shape index (κ3) is 4.82. The fourth-order valence-electron chi connectivity index (χ4n) is 2.56. The minimum atomic E-state index is -2.93. The lowest BCUT2D eigenvalue weighted by Crippen LogP contribution is -2.24. The molecule has 1 heterocycles. The molecule has 0 N–H and O–H groups in total. The van der Waals surface area contributed by atoms with Gasteiger partial charge in [0.05, 0.1) is 22.3 Å².